The van der Waals surface area contributed by atoms with E-state index < -0.39 is 6.04 Å². The molecule has 7 nitrogen and oxygen atoms in total. The zero-order valence-corrected chi connectivity index (χ0v) is 12.8. The molecule has 2 heterocycles. The van der Waals surface area contributed by atoms with Gasteiger partial charge in [0.2, 0.25) is 5.91 Å². The summed E-state index contributed by atoms with van der Waals surface area (Å²) in [6.45, 7) is 0.600. The number of imide groups is 1. The van der Waals surface area contributed by atoms with Crippen molar-refractivity contribution in [1.82, 2.24) is 15.3 Å². The number of aromatic amines is 1. The quantitative estimate of drug-likeness (QED) is 0.773. The van der Waals surface area contributed by atoms with Gasteiger partial charge in [0, 0.05) is 24.9 Å². The molecule has 1 aliphatic rings. The number of benzene rings is 1. The largest absolute Gasteiger partial charge is 0.497 e. The molecule has 1 aromatic heterocycles. The first-order chi connectivity index (χ1) is 11.2. The van der Waals surface area contributed by atoms with Crippen LogP contribution in [0.25, 0.3) is 0 Å². The van der Waals surface area contributed by atoms with Gasteiger partial charge in [-0.05, 0) is 24.3 Å². The van der Waals surface area contributed by atoms with Crippen LogP contribution in [0.5, 0.6) is 5.75 Å². The third-order valence-electron chi connectivity index (χ3n) is 3.82. The Labute approximate surface area is 133 Å². The van der Waals surface area contributed by atoms with E-state index in [-0.39, 0.29) is 18.2 Å². The molecule has 0 spiro atoms. The van der Waals surface area contributed by atoms with Crippen molar-refractivity contribution in [2.45, 2.75) is 18.9 Å². The maximum atomic E-state index is 12.5. The SMILES string of the molecule is COc1ccc(N2C(=O)CC(NCCc3cnc[nH]3)C2=O)cc1. The molecule has 1 aliphatic heterocycles. The van der Waals surface area contributed by atoms with Crippen LogP contribution in [0, 0.1) is 0 Å². The van der Waals surface area contributed by atoms with Crippen LogP contribution in [0.4, 0.5) is 5.69 Å². The Hall–Kier alpha value is -2.67. The lowest BCUT2D eigenvalue weighted by atomic mass is 10.2. The van der Waals surface area contributed by atoms with Gasteiger partial charge in [-0.3, -0.25) is 9.59 Å². The number of ether oxygens (including phenoxy) is 1. The molecular formula is C16H18N4O3. The van der Waals surface area contributed by atoms with E-state index in [4.69, 9.17) is 4.74 Å². The van der Waals surface area contributed by atoms with E-state index in [2.05, 4.69) is 15.3 Å². The Morgan fingerprint density at radius 1 is 1.35 bits per heavy atom. The number of nitrogens with zero attached hydrogens (tertiary/aromatic N) is 2. The number of imidazole rings is 1. The number of nitrogens with one attached hydrogen (secondary N) is 2. The molecule has 1 aromatic carbocycles. The maximum Gasteiger partial charge on any atom is 0.251 e. The number of hydrogen-bond donors (Lipinski definition) is 2. The Morgan fingerprint density at radius 2 is 2.13 bits per heavy atom. The predicted molar refractivity (Wildman–Crippen MR) is 84.2 cm³/mol. The van der Waals surface area contributed by atoms with Crippen molar-refractivity contribution in [3.8, 4) is 5.75 Å². The molecule has 3 rings (SSSR count). The summed E-state index contributed by atoms with van der Waals surface area (Å²) in [5.74, 6) is 0.270. The molecule has 1 saturated heterocycles. The van der Waals surface area contributed by atoms with Gasteiger partial charge in [0.05, 0.1) is 31.6 Å². The first-order valence-electron chi connectivity index (χ1n) is 7.40. The number of methoxy groups -OCH3 is 1. The lowest BCUT2D eigenvalue weighted by Gasteiger charge is -2.15. The summed E-state index contributed by atoms with van der Waals surface area (Å²) in [7, 11) is 1.57. The minimum Gasteiger partial charge on any atom is -0.497 e. The molecule has 2 N–H and O–H groups in total. The van der Waals surface area contributed by atoms with Crippen LogP contribution in [-0.4, -0.2) is 41.5 Å². The van der Waals surface area contributed by atoms with Gasteiger partial charge in [-0.15, -0.1) is 0 Å². The summed E-state index contributed by atoms with van der Waals surface area (Å²) in [4.78, 5) is 32.8. The second-order valence-corrected chi connectivity index (χ2v) is 5.30. The third-order valence-corrected chi connectivity index (χ3v) is 3.82. The second kappa shape index (κ2) is 6.62. The molecule has 7 heteroatoms. The van der Waals surface area contributed by atoms with Gasteiger partial charge in [0.15, 0.2) is 0 Å². The normalized spacial score (nSPS) is 17.8. The fourth-order valence-electron chi connectivity index (χ4n) is 2.60. The van der Waals surface area contributed by atoms with Crippen molar-refractivity contribution in [1.29, 1.82) is 0 Å². The molecule has 0 saturated carbocycles. The van der Waals surface area contributed by atoms with Crippen LogP contribution in [0.3, 0.4) is 0 Å². The molecule has 1 unspecified atom stereocenters. The van der Waals surface area contributed by atoms with Crippen LogP contribution >= 0.6 is 0 Å². The van der Waals surface area contributed by atoms with Crippen LogP contribution in [0.1, 0.15) is 12.1 Å². The Kier molecular flexibility index (Phi) is 4.38. The summed E-state index contributed by atoms with van der Waals surface area (Å²) in [6, 6.07) is 6.40. The number of hydrogen-bond acceptors (Lipinski definition) is 5. The van der Waals surface area contributed by atoms with Gasteiger partial charge in [-0.2, -0.15) is 0 Å². The number of rotatable bonds is 6. The Balaban J connectivity index is 1.62. The molecule has 120 valence electrons. The average molecular weight is 314 g/mol. The van der Waals surface area contributed by atoms with E-state index in [9.17, 15) is 9.59 Å². The number of carbonyl (C=O) groups excluding carboxylic acids is 2. The molecule has 0 bridgehead atoms. The first-order valence-corrected chi connectivity index (χ1v) is 7.40. The van der Waals surface area contributed by atoms with Gasteiger partial charge in [-0.25, -0.2) is 9.88 Å². The highest BCUT2D eigenvalue weighted by Gasteiger charge is 2.39. The van der Waals surface area contributed by atoms with Gasteiger partial charge in [-0.1, -0.05) is 0 Å². The molecule has 2 aromatic rings. The average Bonchev–Trinajstić information content (AvgIpc) is 3.17. The fraction of sp³-hybridized carbons (Fsp3) is 0.312. The maximum absolute atomic E-state index is 12.5. The van der Waals surface area contributed by atoms with Crippen molar-refractivity contribution in [2.75, 3.05) is 18.6 Å². The monoisotopic (exact) mass is 314 g/mol. The number of aromatic nitrogens is 2. The standard InChI is InChI=1S/C16H18N4O3/c1-23-13-4-2-12(3-5-13)20-15(21)8-14(16(20)22)18-7-6-11-9-17-10-19-11/h2-5,9-10,14,18H,6-8H2,1H3,(H,17,19). The first kappa shape index (κ1) is 15.2. The van der Waals surface area contributed by atoms with Crippen molar-refractivity contribution < 1.29 is 14.3 Å². The van der Waals surface area contributed by atoms with Crippen molar-refractivity contribution in [2.24, 2.45) is 0 Å². The van der Waals surface area contributed by atoms with Crippen LogP contribution in [-0.2, 0) is 16.0 Å². The van der Waals surface area contributed by atoms with E-state index in [1.165, 1.54) is 4.90 Å². The third kappa shape index (κ3) is 3.24. The number of carbonyl (C=O) groups is 2. The van der Waals surface area contributed by atoms with E-state index in [0.29, 0.717) is 18.0 Å². The predicted octanol–water partition coefficient (Wildman–Crippen LogP) is 0.882. The fourth-order valence-corrected chi connectivity index (χ4v) is 2.60. The summed E-state index contributed by atoms with van der Waals surface area (Å²) in [5, 5.41) is 3.14. The van der Waals surface area contributed by atoms with E-state index >= 15 is 0 Å². The van der Waals surface area contributed by atoms with Gasteiger partial charge in [0.1, 0.15) is 5.75 Å². The highest BCUT2D eigenvalue weighted by Crippen LogP contribution is 2.25. The second-order valence-electron chi connectivity index (χ2n) is 5.30. The zero-order chi connectivity index (χ0) is 16.2. The van der Waals surface area contributed by atoms with E-state index in [1.54, 1.807) is 43.9 Å². The van der Waals surface area contributed by atoms with Crippen molar-refractivity contribution in [3.05, 3.63) is 42.5 Å². The molecule has 1 atom stereocenters. The van der Waals surface area contributed by atoms with Crippen molar-refractivity contribution >= 4 is 17.5 Å². The summed E-state index contributed by atoms with van der Waals surface area (Å²) in [6.07, 6.45) is 4.26. The Bertz CT molecular complexity index is 682. The lowest BCUT2D eigenvalue weighted by molar-refractivity contribution is -0.121. The van der Waals surface area contributed by atoms with Gasteiger partial charge in [0.25, 0.3) is 5.91 Å². The summed E-state index contributed by atoms with van der Waals surface area (Å²) in [5.41, 5.74) is 1.56. The highest BCUT2D eigenvalue weighted by atomic mass is 16.5. The van der Waals surface area contributed by atoms with Gasteiger partial charge >= 0.3 is 0 Å². The summed E-state index contributed by atoms with van der Waals surface area (Å²) >= 11 is 0. The number of amides is 2. The highest BCUT2D eigenvalue weighted by molar-refractivity contribution is 6.22. The molecule has 0 aliphatic carbocycles. The minimum atomic E-state index is -0.479. The zero-order valence-electron chi connectivity index (χ0n) is 12.8. The molecule has 2 amide bonds. The molecule has 0 radical (unpaired) electrons. The van der Waals surface area contributed by atoms with Crippen LogP contribution in [0.2, 0.25) is 0 Å². The minimum absolute atomic E-state index is 0.174. The lowest BCUT2D eigenvalue weighted by Crippen LogP contribution is -2.39. The van der Waals surface area contributed by atoms with Gasteiger partial charge < -0.3 is 15.0 Å². The number of anilines is 1. The molecule has 23 heavy (non-hydrogen) atoms. The molecular weight excluding hydrogens is 296 g/mol. The number of H-pyrrole nitrogens is 1. The van der Waals surface area contributed by atoms with E-state index in [1.807, 2.05) is 0 Å². The molecule has 1 fully saturated rings. The smallest absolute Gasteiger partial charge is 0.251 e. The summed E-state index contributed by atoms with van der Waals surface area (Å²) < 4.78 is 5.09. The topological polar surface area (TPSA) is 87.3 Å². The van der Waals surface area contributed by atoms with Crippen molar-refractivity contribution in [3.63, 3.8) is 0 Å². The van der Waals surface area contributed by atoms with E-state index in [0.717, 1.165) is 12.1 Å². The Morgan fingerprint density at radius 3 is 2.78 bits per heavy atom. The van der Waals surface area contributed by atoms with Crippen LogP contribution < -0.4 is 15.0 Å². The van der Waals surface area contributed by atoms with Crippen LogP contribution in [0.15, 0.2) is 36.8 Å².